The lowest BCUT2D eigenvalue weighted by molar-refractivity contribution is -0.120. The molecule has 5 heteroatoms. The van der Waals surface area contributed by atoms with E-state index in [1.54, 1.807) is 12.1 Å². The second-order valence-electron chi connectivity index (χ2n) is 4.79. The van der Waals surface area contributed by atoms with E-state index < -0.39 is 5.82 Å². The molecule has 0 saturated heterocycles. The van der Waals surface area contributed by atoms with Gasteiger partial charge >= 0.3 is 0 Å². The van der Waals surface area contributed by atoms with Crippen LogP contribution in [0.25, 0.3) is 0 Å². The normalized spacial score (nSPS) is 12.0. The van der Waals surface area contributed by atoms with Crippen molar-refractivity contribution in [2.24, 2.45) is 0 Å². The van der Waals surface area contributed by atoms with E-state index in [4.69, 9.17) is 11.6 Å². The molecule has 0 aromatic heterocycles. The van der Waals surface area contributed by atoms with Gasteiger partial charge in [0.25, 0.3) is 0 Å². The van der Waals surface area contributed by atoms with E-state index in [-0.39, 0.29) is 16.2 Å². The Kier molecular flexibility index (Phi) is 6.28. The molecular weight excluding hydrogens is 321 g/mol. The van der Waals surface area contributed by atoms with Crippen LogP contribution >= 0.6 is 23.4 Å². The Labute approximate surface area is 139 Å². The number of rotatable bonds is 6. The Morgan fingerprint density at radius 1 is 1.27 bits per heavy atom. The zero-order valence-electron chi connectivity index (χ0n) is 12.2. The standard InChI is InChI=1S/C17H17ClFNOS/c1-2-16(22-13-8-9-15(19)14(18)10-13)17(21)20-11-12-6-4-3-5-7-12/h3-10,16H,2,11H2,1H3,(H,20,21). The summed E-state index contributed by atoms with van der Waals surface area (Å²) in [7, 11) is 0. The highest BCUT2D eigenvalue weighted by molar-refractivity contribution is 8.00. The molecule has 0 saturated carbocycles. The van der Waals surface area contributed by atoms with Gasteiger partial charge in [0.05, 0.1) is 10.3 Å². The maximum Gasteiger partial charge on any atom is 0.233 e. The smallest absolute Gasteiger partial charge is 0.233 e. The van der Waals surface area contributed by atoms with E-state index in [1.807, 2.05) is 37.3 Å². The molecule has 0 aliphatic carbocycles. The first-order valence-corrected chi connectivity index (χ1v) is 8.29. The first-order valence-electron chi connectivity index (χ1n) is 7.03. The average Bonchev–Trinajstić information content (AvgIpc) is 2.54. The number of amides is 1. The van der Waals surface area contributed by atoms with Gasteiger partial charge in [0.2, 0.25) is 5.91 Å². The minimum Gasteiger partial charge on any atom is -0.351 e. The number of benzene rings is 2. The van der Waals surface area contributed by atoms with Gasteiger partial charge in [0.1, 0.15) is 5.82 Å². The summed E-state index contributed by atoms with van der Waals surface area (Å²) >= 11 is 7.16. The lowest BCUT2D eigenvalue weighted by Crippen LogP contribution is -2.31. The minimum absolute atomic E-state index is 0.0307. The highest BCUT2D eigenvalue weighted by atomic mass is 35.5. The second kappa shape index (κ2) is 8.20. The van der Waals surface area contributed by atoms with E-state index in [0.29, 0.717) is 13.0 Å². The Morgan fingerprint density at radius 2 is 2.00 bits per heavy atom. The van der Waals surface area contributed by atoms with Crippen molar-refractivity contribution in [3.8, 4) is 0 Å². The fraction of sp³-hybridized carbons (Fsp3) is 0.235. The minimum atomic E-state index is -0.451. The number of nitrogens with one attached hydrogen (secondary N) is 1. The number of hydrogen-bond donors (Lipinski definition) is 1. The van der Waals surface area contributed by atoms with Crippen LogP contribution in [-0.2, 0) is 11.3 Å². The molecule has 2 rings (SSSR count). The zero-order chi connectivity index (χ0) is 15.9. The molecule has 2 nitrogen and oxygen atoms in total. The lowest BCUT2D eigenvalue weighted by Gasteiger charge is -2.15. The van der Waals surface area contributed by atoms with Gasteiger partial charge in [-0.15, -0.1) is 11.8 Å². The summed E-state index contributed by atoms with van der Waals surface area (Å²) in [6.45, 7) is 2.45. The fourth-order valence-electron chi connectivity index (χ4n) is 1.94. The molecule has 0 spiro atoms. The molecule has 0 bridgehead atoms. The van der Waals surface area contributed by atoms with Crippen molar-refractivity contribution in [1.29, 1.82) is 0 Å². The van der Waals surface area contributed by atoms with Crippen LogP contribution in [0.5, 0.6) is 0 Å². The maximum absolute atomic E-state index is 13.2. The van der Waals surface area contributed by atoms with Crippen molar-refractivity contribution >= 4 is 29.3 Å². The molecule has 1 unspecified atom stereocenters. The van der Waals surface area contributed by atoms with Crippen molar-refractivity contribution in [3.05, 3.63) is 64.9 Å². The molecule has 0 aliphatic heterocycles. The fourth-order valence-corrected chi connectivity index (χ4v) is 3.20. The van der Waals surface area contributed by atoms with Crippen molar-refractivity contribution < 1.29 is 9.18 Å². The zero-order valence-corrected chi connectivity index (χ0v) is 13.8. The van der Waals surface area contributed by atoms with Crippen molar-refractivity contribution in [3.63, 3.8) is 0 Å². The summed E-state index contributed by atoms with van der Waals surface area (Å²) in [5.41, 5.74) is 1.06. The molecule has 0 radical (unpaired) electrons. The van der Waals surface area contributed by atoms with Gasteiger partial charge in [-0.3, -0.25) is 4.79 Å². The number of hydrogen-bond acceptors (Lipinski definition) is 2. The topological polar surface area (TPSA) is 29.1 Å². The van der Waals surface area contributed by atoms with Crippen molar-refractivity contribution in [2.75, 3.05) is 0 Å². The molecule has 0 heterocycles. The molecule has 0 fully saturated rings. The Morgan fingerprint density at radius 3 is 2.64 bits per heavy atom. The third kappa shape index (κ3) is 4.75. The first kappa shape index (κ1) is 16.8. The van der Waals surface area contributed by atoms with Gasteiger partial charge in [-0.2, -0.15) is 0 Å². The second-order valence-corrected chi connectivity index (χ2v) is 6.48. The van der Waals surface area contributed by atoms with Gasteiger partial charge in [0, 0.05) is 11.4 Å². The van der Waals surface area contributed by atoms with E-state index in [0.717, 1.165) is 10.5 Å². The largest absolute Gasteiger partial charge is 0.351 e. The number of thioether (sulfide) groups is 1. The van der Waals surface area contributed by atoms with Gasteiger partial charge < -0.3 is 5.32 Å². The summed E-state index contributed by atoms with van der Waals surface area (Å²) in [4.78, 5) is 13.1. The molecule has 1 atom stereocenters. The maximum atomic E-state index is 13.2. The number of carbonyl (C=O) groups excluding carboxylic acids is 1. The molecule has 2 aromatic rings. The quantitative estimate of drug-likeness (QED) is 0.776. The van der Waals surface area contributed by atoms with Gasteiger partial charge in [0.15, 0.2) is 0 Å². The van der Waals surface area contributed by atoms with Crippen molar-refractivity contribution in [2.45, 2.75) is 30.0 Å². The average molecular weight is 338 g/mol. The van der Waals surface area contributed by atoms with Gasteiger partial charge in [-0.05, 0) is 30.2 Å². The van der Waals surface area contributed by atoms with Gasteiger partial charge in [-0.1, -0.05) is 48.9 Å². The SMILES string of the molecule is CCC(Sc1ccc(F)c(Cl)c1)C(=O)NCc1ccccc1. The highest BCUT2D eigenvalue weighted by Crippen LogP contribution is 2.29. The summed E-state index contributed by atoms with van der Waals surface area (Å²) in [6.07, 6.45) is 0.681. The molecule has 1 amide bonds. The molecule has 22 heavy (non-hydrogen) atoms. The van der Waals surface area contributed by atoms with Crippen LogP contribution in [0, 0.1) is 5.82 Å². The molecule has 1 N–H and O–H groups in total. The molecule has 0 aliphatic rings. The predicted octanol–water partition coefficient (Wildman–Crippen LogP) is 4.67. The number of carbonyl (C=O) groups is 1. The third-order valence-corrected chi connectivity index (χ3v) is 4.79. The predicted molar refractivity (Wildman–Crippen MR) is 89.6 cm³/mol. The van der Waals surface area contributed by atoms with E-state index in [2.05, 4.69) is 5.32 Å². The Bertz CT molecular complexity index is 636. The monoisotopic (exact) mass is 337 g/mol. The van der Waals surface area contributed by atoms with Crippen LogP contribution < -0.4 is 5.32 Å². The molecule has 116 valence electrons. The molecular formula is C17H17ClFNOS. The molecule has 2 aromatic carbocycles. The summed E-state index contributed by atoms with van der Waals surface area (Å²) in [5.74, 6) is -0.482. The van der Waals surface area contributed by atoms with Gasteiger partial charge in [-0.25, -0.2) is 4.39 Å². The summed E-state index contributed by atoms with van der Waals surface area (Å²) in [5, 5.41) is 2.77. The van der Waals surface area contributed by atoms with Crippen LogP contribution in [0.15, 0.2) is 53.4 Å². The summed E-state index contributed by atoms with van der Waals surface area (Å²) in [6, 6.07) is 14.3. The van der Waals surface area contributed by atoms with Crippen molar-refractivity contribution in [1.82, 2.24) is 5.32 Å². The lowest BCUT2D eigenvalue weighted by atomic mass is 10.2. The van der Waals surface area contributed by atoms with E-state index in [1.165, 1.54) is 17.8 Å². The van der Waals surface area contributed by atoms with Crippen LogP contribution in [0.2, 0.25) is 5.02 Å². The number of halogens is 2. The Hall–Kier alpha value is -1.52. The first-order chi connectivity index (χ1) is 10.6. The van der Waals surface area contributed by atoms with Crippen LogP contribution in [-0.4, -0.2) is 11.2 Å². The van der Waals surface area contributed by atoms with Crippen LogP contribution in [0.3, 0.4) is 0 Å². The van der Waals surface area contributed by atoms with E-state index >= 15 is 0 Å². The summed E-state index contributed by atoms with van der Waals surface area (Å²) < 4.78 is 13.2. The Balaban J connectivity index is 1.95. The van der Waals surface area contributed by atoms with Crippen LogP contribution in [0.1, 0.15) is 18.9 Å². The third-order valence-electron chi connectivity index (χ3n) is 3.14. The highest BCUT2D eigenvalue weighted by Gasteiger charge is 2.18. The van der Waals surface area contributed by atoms with Crippen LogP contribution in [0.4, 0.5) is 4.39 Å². The van der Waals surface area contributed by atoms with E-state index in [9.17, 15) is 9.18 Å².